The van der Waals surface area contributed by atoms with Crippen LogP contribution in [0.1, 0.15) is 6.92 Å². The highest BCUT2D eigenvalue weighted by atomic mass is 35.5. The van der Waals surface area contributed by atoms with Crippen LogP contribution in [0.3, 0.4) is 0 Å². The number of rotatable bonds is 3. The molecule has 0 aromatic heterocycles. The molecule has 0 bridgehead atoms. The van der Waals surface area contributed by atoms with Crippen LogP contribution in [0.5, 0.6) is 0 Å². The maximum absolute atomic E-state index is 12.3. The molecule has 6 heteroatoms. The highest BCUT2D eigenvalue weighted by Crippen LogP contribution is 2.29. The fraction of sp³-hybridized carbons (Fsp3) is 0.125. The summed E-state index contributed by atoms with van der Waals surface area (Å²) in [6.07, 6.45) is 0. The monoisotopic (exact) mass is 336 g/mol. The molecule has 0 aliphatic heterocycles. The summed E-state index contributed by atoms with van der Waals surface area (Å²) in [5.41, 5.74) is 0.957. The second-order valence-electron chi connectivity index (χ2n) is 4.44. The Bertz CT molecular complexity index is 690. The predicted octanol–water partition coefficient (Wildman–Crippen LogP) is 3.99. The van der Waals surface area contributed by atoms with Gasteiger partial charge in [0.25, 0.3) is 0 Å². The number of nitrogens with zero attached hydrogens (tertiary/aromatic N) is 1. The number of benzene rings is 2. The third kappa shape index (κ3) is 3.59. The lowest BCUT2D eigenvalue weighted by molar-refractivity contribution is -0.134. The molecule has 4 nitrogen and oxygen atoms in total. The Morgan fingerprint density at radius 1 is 1.05 bits per heavy atom. The van der Waals surface area contributed by atoms with E-state index in [4.69, 9.17) is 23.2 Å². The first kappa shape index (κ1) is 16.3. The second kappa shape index (κ2) is 7.29. The summed E-state index contributed by atoms with van der Waals surface area (Å²) in [7, 11) is 0. The molecule has 0 unspecified atom stereocenters. The number of likely N-dealkylation sites (N-methyl/N-ethyl adjacent to an activating group) is 1. The van der Waals surface area contributed by atoms with E-state index in [2.05, 4.69) is 5.32 Å². The molecule has 0 spiro atoms. The minimum atomic E-state index is -0.769. The van der Waals surface area contributed by atoms with Crippen LogP contribution in [0.4, 0.5) is 11.4 Å². The zero-order valence-electron chi connectivity index (χ0n) is 11.8. The molecule has 114 valence electrons. The third-order valence-electron chi connectivity index (χ3n) is 3.02. The molecule has 22 heavy (non-hydrogen) atoms. The van der Waals surface area contributed by atoms with Crippen molar-refractivity contribution in [2.75, 3.05) is 16.8 Å². The summed E-state index contributed by atoms with van der Waals surface area (Å²) in [6.45, 7) is 2.17. The first-order valence-corrected chi connectivity index (χ1v) is 7.42. The van der Waals surface area contributed by atoms with Crippen LogP contribution in [-0.2, 0) is 9.59 Å². The van der Waals surface area contributed by atoms with Crippen molar-refractivity contribution in [2.24, 2.45) is 0 Å². The number of anilines is 2. The minimum absolute atomic E-state index is 0.202. The highest BCUT2D eigenvalue weighted by Gasteiger charge is 2.22. The van der Waals surface area contributed by atoms with Crippen molar-refractivity contribution < 1.29 is 9.59 Å². The van der Waals surface area contributed by atoms with Crippen LogP contribution in [0.15, 0.2) is 48.5 Å². The molecule has 0 aliphatic rings. The van der Waals surface area contributed by atoms with Crippen LogP contribution >= 0.6 is 23.2 Å². The molecular weight excluding hydrogens is 323 g/mol. The summed E-state index contributed by atoms with van der Waals surface area (Å²) in [4.78, 5) is 25.8. The maximum Gasteiger partial charge on any atom is 0.316 e. The van der Waals surface area contributed by atoms with Gasteiger partial charge in [-0.25, -0.2) is 0 Å². The smallest absolute Gasteiger partial charge is 0.316 e. The van der Waals surface area contributed by atoms with Gasteiger partial charge < -0.3 is 10.2 Å². The van der Waals surface area contributed by atoms with Gasteiger partial charge in [-0.2, -0.15) is 0 Å². The molecule has 0 atom stereocenters. The Morgan fingerprint density at radius 2 is 1.73 bits per heavy atom. The number of halogens is 2. The van der Waals surface area contributed by atoms with Gasteiger partial charge in [0.15, 0.2) is 0 Å². The Morgan fingerprint density at radius 3 is 2.36 bits per heavy atom. The normalized spacial score (nSPS) is 10.1. The Labute approximate surface area is 138 Å². The molecule has 0 aliphatic carbocycles. The molecule has 0 radical (unpaired) electrons. The number of carbonyl (C=O) groups excluding carboxylic acids is 2. The van der Waals surface area contributed by atoms with Gasteiger partial charge in [-0.1, -0.05) is 47.5 Å². The topological polar surface area (TPSA) is 49.4 Å². The lowest BCUT2D eigenvalue weighted by atomic mass is 10.2. The Hall–Kier alpha value is -2.04. The summed E-state index contributed by atoms with van der Waals surface area (Å²) < 4.78 is 0. The maximum atomic E-state index is 12.3. The van der Waals surface area contributed by atoms with Crippen molar-refractivity contribution >= 4 is 46.4 Å². The molecule has 0 heterocycles. The SMILES string of the molecule is CCN(C(=O)C(=O)Nc1cccc(Cl)c1Cl)c1ccccc1. The number of hydrogen-bond acceptors (Lipinski definition) is 2. The third-order valence-corrected chi connectivity index (χ3v) is 3.84. The first-order valence-electron chi connectivity index (χ1n) is 6.66. The molecule has 0 saturated heterocycles. The minimum Gasteiger partial charge on any atom is -0.316 e. The fourth-order valence-corrected chi connectivity index (χ4v) is 2.30. The lowest BCUT2D eigenvalue weighted by Crippen LogP contribution is -2.39. The molecular formula is C16H14Cl2N2O2. The first-order chi connectivity index (χ1) is 10.5. The number of amides is 2. The molecule has 2 rings (SSSR count). The summed E-state index contributed by atoms with van der Waals surface area (Å²) >= 11 is 11.9. The van der Waals surface area contributed by atoms with E-state index in [-0.39, 0.29) is 5.02 Å². The van der Waals surface area contributed by atoms with Crippen molar-refractivity contribution in [3.63, 3.8) is 0 Å². The molecule has 2 aromatic rings. The van der Waals surface area contributed by atoms with Crippen LogP contribution < -0.4 is 10.2 Å². The van der Waals surface area contributed by atoms with Crippen LogP contribution in [0.2, 0.25) is 10.0 Å². The molecule has 2 amide bonds. The number of nitrogens with one attached hydrogen (secondary N) is 1. The van der Waals surface area contributed by atoms with Gasteiger partial charge >= 0.3 is 11.8 Å². The molecule has 1 N–H and O–H groups in total. The van der Waals surface area contributed by atoms with Gasteiger partial charge in [-0.15, -0.1) is 0 Å². The summed E-state index contributed by atoms with van der Waals surface area (Å²) in [6, 6.07) is 13.8. The van der Waals surface area contributed by atoms with Gasteiger partial charge in [0, 0.05) is 12.2 Å². The molecule has 0 fully saturated rings. The van der Waals surface area contributed by atoms with Crippen molar-refractivity contribution in [2.45, 2.75) is 6.92 Å². The van der Waals surface area contributed by atoms with Gasteiger partial charge in [-0.3, -0.25) is 9.59 Å². The highest BCUT2D eigenvalue weighted by molar-refractivity contribution is 6.47. The number of para-hydroxylation sites is 1. The van der Waals surface area contributed by atoms with E-state index in [1.807, 2.05) is 6.07 Å². The summed E-state index contributed by atoms with van der Waals surface area (Å²) in [5, 5.41) is 3.00. The fourth-order valence-electron chi connectivity index (χ4n) is 1.95. The van der Waals surface area contributed by atoms with E-state index < -0.39 is 11.8 Å². The Kier molecular flexibility index (Phi) is 5.41. The van der Waals surface area contributed by atoms with Gasteiger partial charge in [0.2, 0.25) is 0 Å². The van der Waals surface area contributed by atoms with Crippen LogP contribution in [-0.4, -0.2) is 18.4 Å². The van der Waals surface area contributed by atoms with E-state index in [1.165, 1.54) is 4.90 Å². The summed E-state index contributed by atoms with van der Waals surface area (Å²) in [5.74, 6) is -1.43. The largest absolute Gasteiger partial charge is 0.316 e. The average Bonchev–Trinajstić information content (AvgIpc) is 2.53. The predicted molar refractivity (Wildman–Crippen MR) is 89.6 cm³/mol. The van der Waals surface area contributed by atoms with Crippen molar-refractivity contribution in [3.8, 4) is 0 Å². The van der Waals surface area contributed by atoms with Crippen molar-refractivity contribution in [3.05, 3.63) is 58.6 Å². The molecule has 0 saturated carbocycles. The number of hydrogen-bond donors (Lipinski definition) is 1. The van der Waals surface area contributed by atoms with E-state index in [0.29, 0.717) is 22.9 Å². The standard InChI is InChI=1S/C16H14Cl2N2O2/c1-2-20(11-7-4-3-5-8-11)16(22)15(21)19-13-10-6-9-12(17)14(13)18/h3-10H,2H2,1H3,(H,19,21). The van der Waals surface area contributed by atoms with Crippen LogP contribution in [0, 0.1) is 0 Å². The van der Waals surface area contributed by atoms with Gasteiger partial charge in [0.1, 0.15) is 0 Å². The molecule has 2 aromatic carbocycles. The Balaban J connectivity index is 2.18. The van der Waals surface area contributed by atoms with Crippen molar-refractivity contribution in [1.29, 1.82) is 0 Å². The van der Waals surface area contributed by atoms with E-state index in [9.17, 15) is 9.59 Å². The zero-order valence-corrected chi connectivity index (χ0v) is 13.4. The van der Waals surface area contributed by atoms with Crippen LogP contribution in [0.25, 0.3) is 0 Å². The van der Waals surface area contributed by atoms with Crippen molar-refractivity contribution in [1.82, 2.24) is 0 Å². The van der Waals surface area contributed by atoms with Gasteiger partial charge in [0.05, 0.1) is 15.7 Å². The van der Waals surface area contributed by atoms with E-state index >= 15 is 0 Å². The zero-order chi connectivity index (χ0) is 16.1. The second-order valence-corrected chi connectivity index (χ2v) is 5.23. The number of carbonyl (C=O) groups is 2. The van der Waals surface area contributed by atoms with E-state index in [1.54, 1.807) is 49.4 Å². The van der Waals surface area contributed by atoms with Gasteiger partial charge in [-0.05, 0) is 31.2 Å². The van der Waals surface area contributed by atoms with E-state index in [0.717, 1.165) is 0 Å². The average molecular weight is 337 g/mol. The quantitative estimate of drug-likeness (QED) is 0.861. The lowest BCUT2D eigenvalue weighted by Gasteiger charge is -2.20.